The first kappa shape index (κ1) is 25.8. The van der Waals surface area contributed by atoms with Crippen LogP contribution in [0.5, 0.6) is 0 Å². The summed E-state index contributed by atoms with van der Waals surface area (Å²) in [6, 6.07) is 12.4. The standard InChI is InChI=1S/C29H33N5O4S/c1-17(2)39(35,36)33-29-26-24(16-31-29)34(28(20-8-6-5-7-9-20)21-10-12-37-13-11-21)23-14-22(15-30-27(23)26)25-18(3)32-38-19(25)4/h5-9,14-17,21,24,28,33H,10-13H2,1-4H3/t24?,28-/m1/s1. The summed E-state index contributed by atoms with van der Waals surface area (Å²) >= 11 is 0. The lowest BCUT2D eigenvalue weighted by atomic mass is 9.85. The second-order valence-corrected chi connectivity index (χ2v) is 12.9. The Morgan fingerprint density at radius 3 is 2.51 bits per heavy atom. The van der Waals surface area contributed by atoms with Crippen LogP contribution in [-0.2, 0) is 14.8 Å². The summed E-state index contributed by atoms with van der Waals surface area (Å²) in [5.74, 6) is 1.41. The lowest BCUT2D eigenvalue weighted by Gasteiger charge is -2.40. The molecule has 10 heteroatoms. The Morgan fingerprint density at radius 1 is 1.10 bits per heavy atom. The summed E-state index contributed by atoms with van der Waals surface area (Å²) in [4.78, 5) is 11.9. The average molecular weight is 548 g/mol. The number of ether oxygens (including phenoxy) is 1. The molecule has 6 rings (SSSR count). The maximum atomic E-state index is 12.9. The zero-order chi connectivity index (χ0) is 27.3. The maximum absolute atomic E-state index is 12.9. The predicted molar refractivity (Wildman–Crippen MR) is 151 cm³/mol. The minimum absolute atomic E-state index is 0.0191. The Hall–Kier alpha value is -3.50. The molecule has 0 spiro atoms. The monoisotopic (exact) mass is 547 g/mol. The van der Waals surface area contributed by atoms with Crippen LogP contribution in [0.4, 0.5) is 5.69 Å². The van der Waals surface area contributed by atoms with Crippen molar-refractivity contribution in [1.29, 1.82) is 0 Å². The number of aliphatic imine (C=N–C) groups is 1. The molecule has 3 aliphatic heterocycles. The fourth-order valence-corrected chi connectivity index (χ4v) is 6.60. The summed E-state index contributed by atoms with van der Waals surface area (Å²) in [6.07, 6.45) is 5.52. The summed E-state index contributed by atoms with van der Waals surface area (Å²) in [5.41, 5.74) is 6.30. The Kier molecular flexibility index (Phi) is 6.55. The smallest absolute Gasteiger partial charge is 0.236 e. The highest BCUT2D eigenvalue weighted by Gasteiger charge is 2.46. The number of fused-ring (bicyclic) bond motifs is 3. The number of pyridine rings is 1. The van der Waals surface area contributed by atoms with E-state index in [1.807, 2.05) is 32.3 Å². The summed E-state index contributed by atoms with van der Waals surface area (Å²) in [6.45, 7) is 8.57. The molecule has 0 saturated carbocycles. The van der Waals surface area contributed by atoms with E-state index in [-0.39, 0.29) is 12.1 Å². The van der Waals surface area contributed by atoms with E-state index in [0.717, 1.165) is 52.4 Å². The molecule has 0 bridgehead atoms. The van der Waals surface area contributed by atoms with Crippen LogP contribution in [0.25, 0.3) is 16.7 Å². The lowest BCUT2D eigenvalue weighted by Crippen LogP contribution is -2.41. The summed E-state index contributed by atoms with van der Waals surface area (Å²) in [7, 11) is -3.59. The Labute approximate surface area is 229 Å². The number of aromatic nitrogens is 2. The number of benzene rings is 1. The Morgan fingerprint density at radius 2 is 1.85 bits per heavy atom. The fourth-order valence-electron chi connectivity index (χ4n) is 5.93. The van der Waals surface area contributed by atoms with E-state index < -0.39 is 15.3 Å². The molecule has 0 radical (unpaired) electrons. The highest BCUT2D eigenvalue weighted by molar-refractivity contribution is 7.90. The Bertz CT molecular complexity index is 1540. The van der Waals surface area contributed by atoms with Crippen LogP contribution in [0.1, 0.15) is 55.4 Å². The van der Waals surface area contributed by atoms with Crippen molar-refractivity contribution in [3.63, 3.8) is 0 Å². The first-order valence-corrected chi connectivity index (χ1v) is 15.0. The molecule has 1 N–H and O–H groups in total. The van der Waals surface area contributed by atoms with E-state index >= 15 is 0 Å². The van der Waals surface area contributed by atoms with Gasteiger partial charge in [-0.3, -0.25) is 9.71 Å². The fraction of sp³-hybridized carbons (Fsp3) is 0.414. The zero-order valence-corrected chi connectivity index (χ0v) is 23.4. The normalized spacial score (nSPS) is 20.0. The molecule has 1 aromatic carbocycles. The maximum Gasteiger partial charge on any atom is 0.236 e. The predicted octanol–water partition coefficient (Wildman–Crippen LogP) is 4.79. The van der Waals surface area contributed by atoms with Gasteiger partial charge in [-0.05, 0) is 58.1 Å². The molecular formula is C29H33N5O4S. The van der Waals surface area contributed by atoms with Crippen LogP contribution in [0.3, 0.4) is 0 Å². The van der Waals surface area contributed by atoms with Gasteiger partial charge in [0.25, 0.3) is 0 Å². The highest BCUT2D eigenvalue weighted by atomic mass is 32.2. The van der Waals surface area contributed by atoms with Gasteiger partial charge in [-0.25, -0.2) is 13.4 Å². The molecule has 5 heterocycles. The lowest BCUT2D eigenvalue weighted by molar-refractivity contribution is 0.0573. The topological polar surface area (TPSA) is 110 Å². The molecule has 0 amide bonds. The van der Waals surface area contributed by atoms with Crippen LogP contribution in [0, 0.1) is 19.8 Å². The molecule has 1 saturated heterocycles. The van der Waals surface area contributed by atoms with E-state index in [1.165, 1.54) is 5.56 Å². The first-order valence-electron chi connectivity index (χ1n) is 13.4. The van der Waals surface area contributed by atoms with E-state index in [4.69, 9.17) is 14.2 Å². The molecule has 2 aromatic heterocycles. The first-order chi connectivity index (χ1) is 18.8. The third-order valence-electron chi connectivity index (χ3n) is 7.93. The van der Waals surface area contributed by atoms with Gasteiger partial charge in [-0.15, -0.1) is 0 Å². The van der Waals surface area contributed by atoms with Crippen LogP contribution in [0.15, 0.2) is 57.9 Å². The average Bonchev–Trinajstić information content (AvgIpc) is 3.58. The third-order valence-corrected chi connectivity index (χ3v) is 9.65. The summed E-state index contributed by atoms with van der Waals surface area (Å²) < 4.78 is 39.7. The van der Waals surface area contributed by atoms with Crippen molar-refractivity contribution in [2.75, 3.05) is 18.1 Å². The van der Waals surface area contributed by atoms with Crippen molar-refractivity contribution in [3.05, 3.63) is 71.1 Å². The van der Waals surface area contributed by atoms with Gasteiger partial charge in [0.1, 0.15) is 11.6 Å². The van der Waals surface area contributed by atoms with Gasteiger partial charge < -0.3 is 14.2 Å². The van der Waals surface area contributed by atoms with Crippen LogP contribution >= 0.6 is 0 Å². The summed E-state index contributed by atoms with van der Waals surface area (Å²) in [5, 5.41) is 3.56. The molecule has 9 nitrogen and oxygen atoms in total. The SMILES string of the molecule is Cc1noc(C)c1-c1cnc2c(c1)N([C@H](c1ccccc1)C1CCOCC1)C1C=NC(NS(=O)(=O)C(C)C)=C21. The number of anilines is 1. The number of aryl methyl sites for hydroxylation is 2. The molecule has 2 atom stereocenters. The molecular weight excluding hydrogens is 514 g/mol. The van der Waals surface area contributed by atoms with Gasteiger partial charge >= 0.3 is 0 Å². The van der Waals surface area contributed by atoms with E-state index in [9.17, 15) is 8.42 Å². The van der Waals surface area contributed by atoms with E-state index in [0.29, 0.717) is 25.0 Å². The number of hydrogen-bond donors (Lipinski definition) is 1. The molecule has 3 aromatic rings. The van der Waals surface area contributed by atoms with Crippen molar-refractivity contribution in [3.8, 4) is 11.1 Å². The zero-order valence-electron chi connectivity index (χ0n) is 22.6. The van der Waals surface area contributed by atoms with Crippen molar-refractivity contribution >= 4 is 27.5 Å². The Balaban J connectivity index is 1.55. The van der Waals surface area contributed by atoms with E-state index in [1.54, 1.807) is 13.8 Å². The minimum atomic E-state index is -3.59. The quantitative estimate of drug-likeness (QED) is 0.453. The largest absolute Gasteiger partial charge is 0.381 e. The van der Waals surface area contributed by atoms with Crippen molar-refractivity contribution in [2.45, 2.75) is 57.9 Å². The van der Waals surface area contributed by atoms with Gasteiger partial charge in [0.15, 0.2) is 0 Å². The van der Waals surface area contributed by atoms with Gasteiger partial charge in [0.2, 0.25) is 10.0 Å². The second-order valence-electron chi connectivity index (χ2n) is 10.7. The van der Waals surface area contributed by atoms with Gasteiger partial charge in [0, 0.05) is 36.8 Å². The molecule has 39 heavy (non-hydrogen) atoms. The minimum Gasteiger partial charge on any atom is -0.381 e. The van der Waals surface area contributed by atoms with Crippen LogP contribution < -0.4 is 9.62 Å². The number of sulfonamides is 1. The molecule has 0 aliphatic carbocycles. The molecule has 204 valence electrons. The van der Waals surface area contributed by atoms with Gasteiger partial charge in [0.05, 0.1) is 40.0 Å². The molecule has 1 unspecified atom stereocenters. The van der Waals surface area contributed by atoms with Crippen molar-refractivity contribution < 1.29 is 17.7 Å². The highest BCUT2D eigenvalue weighted by Crippen LogP contribution is 2.51. The molecule has 1 fully saturated rings. The number of hydrogen-bond acceptors (Lipinski definition) is 8. The van der Waals surface area contributed by atoms with Crippen molar-refractivity contribution in [1.82, 2.24) is 14.9 Å². The second kappa shape index (κ2) is 9.91. The number of rotatable bonds is 7. The van der Waals surface area contributed by atoms with Gasteiger partial charge in [-0.1, -0.05) is 35.5 Å². The number of nitrogens with zero attached hydrogens (tertiary/aromatic N) is 4. The van der Waals surface area contributed by atoms with Crippen molar-refractivity contribution in [2.24, 2.45) is 10.9 Å². The van der Waals surface area contributed by atoms with Gasteiger partial charge in [-0.2, -0.15) is 0 Å². The van der Waals surface area contributed by atoms with Crippen LogP contribution in [0.2, 0.25) is 0 Å². The molecule has 3 aliphatic rings. The van der Waals surface area contributed by atoms with Crippen LogP contribution in [-0.4, -0.2) is 49.3 Å². The van der Waals surface area contributed by atoms with E-state index in [2.05, 4.69) is 50.1 Å². The third kappa shape index (κ3) is 4.45. The number of nitrogens with one attached hydrogen (secondary N) is 1.